The number of esters is 1. The number of methoxy groups -OCH3 is 1. The van der Waals surface area contributed by atoms with Crippen LogP contribution in [0.4, 0.5) is 0 Å². The smallest absolute Gasteiger partial charge is 0.323 e. The molecule has 1 rings (SSSR count). The maximum absolute atomic E-state index is 11.6. The van der Waals surface area contributed by atoms with Gasteiger partial charge in [-0.05, 0) is 39.9 Å². The molecule has 88 valence electrons. The van der Waals surface area contributed by atoms with Crippen LogP contribution in [0, 0.1) is 5.92 Å². The van der Waals surface area contributed by atoms with Crippen molar-refractivity contribution < 1.29 is 9.53 Å². The lowest BCUT2D eigenvalue weighted by atomic mass is 10.1. The summed E-state index contributed by atoms with van der Waals surface area (Å²) in [5.74, 6) is 0.434. The lowest BCUT2D eigenvalue weighted by Crippen LogP contribution is -2.43. The first-order valence-corrected chi connectivity index (χ1v) is 5.49. The van der Waals surface area contributed by atoms with Crippen molar-refractivity contribution >= 4 is 5.97 Å². The number of likely N-dealkylation sites (N-methyl/N-ethyl adjacent to an activating group) is 2. The summed E-state index contributed by atoms with van der Waals surface area (Å²) < 4.78 is 4.85. The summed E-state index contributed by atoms with van der Waals surface area (Å²) in [6.45, 7) is 1.87. The molecular formula is C11H22N2O2. The second-order valence-electron chi connectivity index (χ2n) is 4.59. The van der Waals surface area contributed by atoms with Crippen molar-refractivity contribution in [3.8, 4) is 0 Å². The van der Waals surface area contributed by atoms with Gasteiger partial charge >= 0.3 is 5.97 Å². The minimum Gasteiger partial charge on any atom is -0.468 e. The van der Waals surface area contributed by atoms with Crippen LogP contribution in [-0.2, 0) is 9.53 Å². The van der Waals surface area contributed by atoms with Gasteiger partial charge in [-0.15, -0.1) is 0 Å². The Kier molecular flexibility index (Phi) is 4.54. The standard InChI is InChI=1S/C11H22N2O2/c1-12(2)7-8-13(3)10(9-5-6-9)11(14)15-4/h9-10H,5-8H2,1-4H3. The van der Waals surface area contributed by atoms with Gasteiger partial charge < -0.3 is 9.64 Å². The van der Waals surface area contributed by atoms with Gasteiger partial charge in [-0.25, -0.2) is 0 Å². The van der Waals surface area contributed by atoms with Crippen molar-refractivity contribution in [1.82, 2.24) is 9.80 Å². The van der Waals surface area contributed by atoms with Gasteiger partial charge in [0.1, 0.15) is 6.04 Å². The summed E-state index contributed by atoms with van der Waals surface area (Å²) in [6.07, 6.45) is 2.32. The number of nitrogens with zero attached hydrogens (tertiary/aromatic N) is 2. The maximum Gasteiger partial charge on any atom is 0.323 e. The predicted molar refractivity (Wildman–Crippen MR) is 59.7 cm³/mol. The number of ether oxygens (including phenoxy) is 1. The average Bonchev–Trinajstić information content (AvgIpc) is 2.98. The van der Waals surface area contributed by atoms with Crippen LogP contribution in [0.15, 0.2) is 0 Å². The predicted octanol–water partition coefficient (Wildman–Crippen LogP) is 0.431. The average molecular weight is 214 g/mol. The Morgan fingerprint density at radius 2 is 1.93 bits per heavy atom. The number of carbonyl (C=O) groups excluding carboxylic acids is 1. The molecule has 0 aromatic carbocycles. The van der Waals surface area contributed by atoms with Crippen LogP contribution in [0.3, 0.4) is 0 Å². The van der Waals surface area contributed by atoms with E-state index < -0.39 is 0 Å². The summed E-state index contributed by atoms with van der Waals surface area (Å²) in [7, 11) is 7.55. The fourth-order valence-electron chi connectivity index (χ4n) is 1.76. The van der Waals surface area contributed by atoms with Crippen LogP contribution in [0.25, 0.3) is 0 Å². The zero-order chi connectivity index (χ0) is 11.4. The molecule has 1 aliphatic carbocycles. The Morgan fingerprint density at radius 1 is 1.33 bits per heavy atom. The van der Waals surface area contributed by atoms with Crippen molar-refractivity contribution in [3.05, 3.63) is 0 Å². The van der Waals surface area contributed by atoms with E-state index in [9.17, 15) is 4.79 Å². The van der Waals surface area contributed by atoms with Crippen molar-refractivity contribution in [2.24, 2.45) is 5.92 Å². The van der Waals surface area contributed by atoms with Crippen LogP contribution in [0.1, 0.15) is 12.8 Å². The quantitative estimate of drug-likeness (QED) is 0.600. The van der Waals surface area contributed by atoms with Gasteiger partial charge in [-0.3, -0.25) is 9.69 Å². The van der Waals surface area contributed by atoms with Crippen molar-refractivity contribution in [2.75, 3.05) is 41.3 Å². The molecule has 15 heavy (non-hydrogen) atoms. The topological polar surface area (TPSA) is 32.8 Å². The Morgan fingerprint density at radius 3 is 2.33 bits per heavy atom. The van der Waals surface area contributed by atoms with Crippen molar-refractivity contribution in [2.45, 2.75) is 18.9 Å². The number of hydrogen-bond acceptors (Lipinski definition) is 4. The third-order valence-corrected chi connectivity index (χ3v) is 2.89. The van der Waals surface area contributed by atoms with Crippen LogP contribution in [0.5, 0.6) is 0 Å². The fourth-order valence-corrected chi connectivity index (χ4v) is 1.76. The summed E-state index contributed by atoms with van der Waals surface area (Å²) in [6, 6.07) is -0.0325. The molecular weight excluding hydrogens is 192 g/mol. The monoisotopic (exact) mass is 214 g/mol. The van der Waals surface area contributed by atoms with Crippen molar-refractivity contribution in [1.29, 1.82) is 0 Å². The summed E-state index contributed by atoms with van der Waals surface area (Å²) in [5, 5.41) is 0. The third kappa shape index (κ3) is 3.80. The molecule has 4 heteroatoms. The molecule has 0 aromatic rings. The molecule has 1 fully saturated rings. The normalized spacial score (nSPS) is 18.3. The highest BCUT2D eigenvalue weighted by atomic mass is 16.5. The minimum absolute atomic E-state index is 0.0325. The van der Waals surface area contributed by atoms with Gasteiger partial charge in [0.25, 0.3) is 0 Å². The maximum atomic E-state index is 11.6. The zero-order valence-corrected chi connectivity index (χ0v) is 10.2. The van der Waals surface area contributed by atoms with Gasteiger partial charge in [0.05, 0.1) is 7.11 Å². The molecule has 1 unspecified atom stereocenters. The summed E-state index contributed by atoms with van der Waals surface area (Å²) >= 11 is 0. The number of rotatable bonds is 6. The Balaban J connectivity index is 2.44. The SMILES string of the molecule is COC(=O)C(C1CC1)N(C)CCN(C)C. The highest BCUT2D eigenvalue weighted by Gasteiger charge is 2.39. The third-order valence-electron chi connectivity index (χ3n) is 2.89. The Hall–Kier alpha value is -0.610. The molecule has 0 spiro atoms. The minimum atomic E-state index is -0.0845. The fraction of sp³-hybridized carbons (Fsp3) is 0.909. The van der Waals surface area contributed by atoms with Gasteiger partial charge in [0, 0.05) is 13.1 Å². The van der Waals surface area contributed by atoms with E-state index in [0.29, 0.717) is 5.92 Å². The van der Waals surface area contributed by atoms with E-state index in [-0.39, 0.29) is 12.0 Å². The highest BCUT2D eigenvalue weighted by molar-refractivity contribution is 5.76. The molecule has 1 saturated carbocycles. The van der Waals surface area contributed by atoms with E-state index in [2.05, 4.69) is 9.80 Å². The molecule has 0 radical (unpaired) electrons. The summed E-state index contributed by atoms with van der Waals surface area (Å²) in [4.78, 5) is 15.8. The molecule has 1 atom stereocenters. The number of carbonyl (C=O) groups is 1. The highest BCUT2D eigenvalue weighted by Crippen LogP contribution is 2.35. The van der Waals surface area contributed by atoms with Crippen LogP contribution < -0.4 is 0 Å². The molecule has 0 bridgehead atoms. The molecule has 1 aliphatic rings. The Labute approximate surface area is 92.2 Å². The molecule has 0 aliphatic heterocycles. The first-order valence-electron chi connectivity index (χ1n) is 5.49. The van der Waals surface area contributed by atoms with E-state index in [1.165, 1.54) is 7.11 Å². The summed E-state index contributed by atoms with van der Waals surface area (Å²) in [5.41, 5.74) is 0. The van der Waals surface area contributed by atoms with Gasteiger partial charge in [-0.2, -0.15) is 0 Å². The molecule has 0 heterocycles. The van der Waals surface area contributed by atoms with Gasteiger partial charge in [0.15, 0.2) is 0 Å². The first kappa shape index (κ1) is 12.5. The van der Waals surface area contributed by atoms with Crippen molar-refractivity contribution in [3.63, 3.8) is 0 Å². The first-order chi connectivity index (χ1) is 7.06. The molecule has 4 nitrogen and oxygen atoms in total. The zero-order valence-electron chi connectivity index (χ0n) is 10.2. The van der Waals surface area contributed by atoms with Crippen LogP contribution >= 0.6 is 0 Å². The second-order valence-corrected chi connectivity index (χ2v) is 4.59. The van der Waals surface area contributed by atoms with Crippen LogP contribution in [0.2, 0.25) is 0 Å². The van der Waals surface area contributed by atoms with Gasteiger partial charge in [0.2, 0.25) is 0 Å². The molecule has 0 amide bonds. The van der Waals surface area contributed by atoms with E-state index in [0.717, 1.165) is 25.9 Å². The molecule has 0 saturated heterocycles. The molecule has 0 aromatic heterocycles. The van der Waals surface area contributed by atoms with E-state index in [1.54, 1.807) is 0 Å². The number of hydrogen-bond donors (Lipinski definition) is 0. The Bertz CT molecular complexity index is 215. The van der Waals surface area contributed by atoms with E-state index in [4.69, 9.17) is 4.74 Å². The van der Waals surface area contributed by atoms with Crippen LogP contribution in [-0.4, -0.2) is 63.2 Å². The largest absolute Gasteiger partial charge is 0.468 e. The lowest BCUT2D eigenvalue weighted by molar-refractivity contribution is -0.147. The molecule has 0 N–H and O–H groups in total. The van der Waals surface area contributed by atoms with Gasteiger partial charge in [-0.1, -0.05) is 0 Å². The van der Waals surface area contributed by atoms with E-state index in [1.807, 2.05) is 21.1 Å². The lowest BCUT2D eigenvalue weighted by Gasteiger charge is -2.26. The second kappa shape index (κ2) is 5.47. The van der Waals surface area contributed by atoms with E-state index >= 15 is 0 Å².